The lowest BCUT2D eigenvalue weighted by molar-refractivity contribution is -0.123. The van der Waals surface area contributed by atoms with Crippen molar-refractivity contribution >= 4 is 51.7 Å². The van der Waals surface area contributed by atoms with Gasteiger partial charge in [-0.2, -0.15) is 0 Å². The molecule has 5 atom stereocenters. The zero-order valence-corrected chi connectivity index (χ0v) is 45.0. The Balaban J connectivity index is 0.000000213. The normalized spacial score (nSPS) is 22.5. The van der Waals surface area contributed by atoms with E-state index in [0.717, 1.165) is 62.8 Å². The molecule has 8 rings (SSSR count). The van der Waals surface area contributed by atoms with Gasteiger partial charge in [0.25, 0.3) is 0 Å². The molecule has 70 heavy (non-hydrogen) atoms. The molecule has 6 aliphatic carbocycles. The Morgan fingerprint density at radius 3 is 1.46 bits per heavy atom. The maximum atomic E-state index is 12.8. The number of nitrogens with two attached hydrogens (primary N) is 4. The third-order valence-corrected chi connectivity index (χ3v) is 19.3. The van der Waals surface area contributed by atoms with Crippen LogP contribution in [0.2, 0.25) is 0 Å². The second-order valence-electron chi connectivity index (χ2n) is 22.4. The zero-order valence-electron chi connectivity index (χ0n) is 42.6. The highest BCUT2D eigenvalue weighted by Crippen LogP contribution is 2.45. The summed E-state index contributed by atoms with van der Waals surface area (Å²) in [6.07, 6.45) is 32.0. The molecule has 392 valence electrons. The van der Waals surface area contributed by atoms with Gasteiger partial charge < -0.3 is 22.9 Å². The molecular formula is C49H82ClN13O5S2. The van der Waals surface area contributed by atoms with Gasteiger partial charge in [0.15, 0.2) is 0 Å². The van der Waals surface area contributed by atoms with Gasteiger partial charge >= 0.3 is 0 Å². The van der Waals surface area contributed by atoms with E-state index >= 15 is 0 Å². The van der Waals surface area contributed by atoms with Crippen LogP contribution in [0.3, 0.4) is 0 Å². The summed E-state index contributed by atoms with van der Waals surface area (Å²) in [5.41, 5.74) is 29.6. The molecule has 6 fully saturated rings. The smallest absolute Gasteiger partial charge is 0.245 e. The van der Waals surface area contributed by atoms with Crippen LogP contribution < -0.4 is 22.9 Å². The van der Waals surface area contributed by atoms with Crippen LogP contribution in [0.4, 0.5) is 0 Å². The minimum Gasteiger partial charge on any atom is -0.369 e. The third kappa shape index (κ3) is 15.3. The van der Waals surface area contributed by atoms with Crippen LogP contribution in [-0.2, 0) is 47.1 Å². The lowest BCUT2D eigenvalue weighted by Gasteiger charge is -2.30. The second kappa shape index (κ2) is 25.2. The molecule has 0 unspecified atom stereocenters. The first-order chi connectivity index (χ1) is 32.5. The van der Waals surface area contributed by atoms with Crippen molar-refractivity contribution in [3.63, 3.8) is 0 Å². The highest BCUT2D eigenvalue weighted by atomic mass is 35.5. The molecule has 6 saturated carbocycles. The van der Waals surface area contributed by atoms with E-state index < -0.39 is 44.1 Å². The number of halogens is 1. The number of carbonyl (C=O) groups is 3. The van der Waals surface area contributed by atoms with Crippen LogP contribution >= 0.6 is 12.4 Å². The summed E-state index contributed by atoms with van der Waals surface area (Å²) in [7, 11) is -1.75. The van der Waals surface area contributed by atoms with Gasteiger partial charge in [0.2, 0.25) is 17.7 Å². The van der Waals surface area contributed by atoms with Gasteiger partial charge in [-0.15, -0.1) is 34.9 Å². The highest BCUT2D eigenvalue weighted by Gasteiger charge is 2.53. The van der Waals surface area contributed by atoms with Crippen LogP contribution in [-0.4, -0.2) is 82.7 Å². The molecule has 0 spiro atoms. The number of primary amides is 3. The van der Waals surface area contributed by atoms with Gasteiger partial charge in [0, 0.05) is 59.3 Å². The number of rotatable bonds is 15. The molecule has 2 aromatic heterocycles. The Hall–Kier alpha value is -3.89. The SMILES string of the molecule is C#C[C@@H](C[S@@](=O)C(C)(C)C)C1CCCCC1.CC(C)(C)[S@](=O)C[C@H](c1cn(C2(C(N)=O)CC2)nn1)C1CCCCC1.Cl.NC(=O)C1(n2cc([C@@H](N)C3CCCCC3)nn2)CC1.[N-]=[N+]=NC1(C(N)=O)CC1. The minimum atomic E-state index is -0.943. The van der Waals surface area contributed by atoms with Crippen molar-refractivity contribution in [2.24, 2.45) is 51.7 Å². The Morgan fingerprint density at radius 2 is 1.10 bits per heavy atom. The van der Waals surface area contributed by atoms with Crippen molar-refractivity contribution in [2.45, 2.75) is 214 Å². The maximum Gasteiger partial charge on any atom is 0.245 e. The summed E-state index contributed by atoms with van der Waals surface area (Å²) in [5.74, 6) is 4.96. The fourth-order valence-electron chi connectivity index (χ4n) is 9.72. The van der Waals surface area contributed by atoms with E-state index in [0.29, 0.717) is 42.1 Å². The minimum absolute atomic E-state index is 0. The molecule has 0 aromatic carbocycles. The molecule has 2 heterocycles. The molecule has 18 nitrogen and oxygen atoms in total. The van der Waals surface area contributed by atoms with Crippen molar-refractivity contribution in [1.29, 1.82) is 0 Å². The van der Waals surface area contributed by atoms with Crippen molar-refractivity contribution in [2.75, 3.05) is 11.5 Å². The second-order valence-corrected chi connectivity index (χ2v) is 26.9. The summed E-state index contributed by atoms with van der Waals surface area (Å²) in [6, 6.07) is -0.0715. The predicted octanol–water partition coefficient (Wildman–Crippen LogP) is 7.40. The molecule has 3 amide bonds. The van der Waals surface area contributed by atoms with Crippen molar-refractivity contribution < 1.29 is 22.8 Å². The third-order valence-electron chi connectivity index (χ3n) is 15.2. The van der Waals surface area contributed by atoms with Gasteiger partial charge in [0.1, 0.15) is 16.6 Å². The summed E-state index contributed by atoms with van der Waals surface area (Å²) < 4.78 is 27.8. The molecular weight excluding hydrogens is 950 g/mol. The molecule has 21 heteroatoms. The number of terminal acetylenes is 1. The lowest BCUT2D eigenvalue weighted by Crippen LogP contribution is -2.34. The number of carbonyl (C=O) groups excluding carboxylic acids is 3. The average molecular weight is 1030 g/mol. The fraction of sp³-hybridized carbons (Fsp3) is 0.816. The first-order valence-electron chi connectivity index (χ1n) is 25.3. The van der Waals surface area contributed by atoms with Gasteiger partial charge in [-0.1, -0.05) is 73.3 Å². The molecule has 0 saturated heterocycles. The maximum absolute atomic E-state index is 12.8. The lowest BCUT2D eigenvalue weighted by atomic mass is 9.79. The molecule has 0 aliphatic heterocycles. The van der Waals surface area contributed by atoms with E-state index in [2.05, 4.69) is 36.6 Å². The van der Waals surface area contributed by atoms with E-state index in [9.17, 15) is 22.8 Å². The van der Waals surface area contributed by atoms with Crippen LogP contribution in [0, 0.1) is 36.0 Å². The van der Waals surface area contributed by atoms with Crippen molar-refractivity contribution in [1.82, 2.24) is 30.0 Å². The van der Waals surface area contributed by atoms with Gasteiger partial charge in [0.05, 0.1) is 29.8 Å². The van der Waals surface area contributed by atoms with Crippen molar-refractivity contribution in [3.05, 3.63) is 34.2 Å². The average Bonchev–Trinajstić information content (AvgIpc) is 4.30. The van der Waals surface area contributed by atoms with Gasteiger partial charge in [-0.25, -0.2) is 9.36 Å². The summed E-state index contributed by atoms with van der Waals surface area (Å²) in [6.45, 7) is 12.1. The van der Waals surface area contributed by atoms with E-state index in [1.807, 2.05) is 53.9 Å². The van der Waals surface area contributed by atoms with Gasteiger partial charge in [-0.05, 0) is 142 Å². The first-order valence-corrected chi connectivity index (χ1v) is 28.0. The monoisotopic (exact) mass is 1030 g/mol. The number of azide groups is 1. The number of nitrogens with zero attached hydrogens (tertiary/aromatic N) is 9. The summed E-state index contributed by atoms with van der Waals surface area (Å²) >= 11 is 0. The molecule has 2 aromatic rings. The molecule has 8 N–H and O–H groups in total. The standard InChI is InChI=1S/C18H30N4O2S.C14H24OS.C13H21N5O.C4H6N4O.ClH/c1-17(2,3)25(24)12-14(13-7-5-4-6-8-13)15-11-22(21-20-15)18(9-10-18)16(19)23;1-5-12(11-16(15)14(2,3)4)13-9-7-6-8-10-13;14-11(9-4-2-1-3-5-9)10-8-18(17-16-10)13(6-7-13)12(15)19;5-3(9)4(1-2-4)7-8-6;/h11,13-14H,4-10,12H2,1-3H3,(H2,19,23);1,12-13H,6-11H2,2-4H3;8-9,11H,1-7,14H2,(H2,15,19);1-2H2,(H2,5,9);1H/t14-,25+;12-,16+;11-;;/m000../s1. The first kappa shape index (κ1) is 58.7. The van der Waals surface area contributed by atoms with Crippen LogP contribution in [0.5, 0.6) is 0 Å². The Bertz CT molecular complexity index is 2190. The quantitative estimate of drug-likeness (QED) is 0.0593. The van der Waals surface area contributed by atoms with E-state index in [1.165, 1.54) is 70.6 Å². The van der Waals surface area contributed by atoms with E-state index in [4.69, 9.17) is 34.9 Å². The Labute approximate surface area is 426 Å². The molecule has 0 radical (unpaired) electrons. The summed E-state index contributed by atoms with van der Waals surface area (Å²) in [4.78, 5) is 36.2. The van der Waals surface area contributed by atoms with Crippen molar-refractivity contribution in [3.8, 4) is 12.3 Å². The molecule has 6 aliphatic rings. The van der Waals surface area contributed by atoms with Crippen LogP contribution in [0.1, 0.15) is 200 Å². The topological polar surface area (TPSA) is 300 Å². The fourth-order valence-corrected chi connectivity index (χ4v) is 12.2. The summed E-state index contributed by atoms with van der Waals surface area (Å²) in [5, 5.41) is 20.1. The van der Waals surface area contributed by atoms with E-state index in [-0.39, 0.29) is 51.6 Å². The molecule has 0 bridgehead atoms. The number of amides is 3. The number of hydrogen-bond acceptors (Lipinski definition) is 11. The Morgan fingerprint density at radius 1 is 0.700 bits per heavy atom. The predicted molar refractivity (Wildman–Crippen MR) is 278 cm³/mol. The van der Waals surface area contributed by atoms with Gasteiger partial charge in [-0.3, -0.25) is 22.8 Å². The zero-order chi connectivity index (χ0) is 50.8. The Kier molecular flexibility index (Phi) is 21.1. The number of hydrogen-bond donors (Lipinski definition) is 4. The van der Waals surface area contributed by atoms with Crippen LogP contribution in [0.25, 0.3) is 10.4 Å². The number of aromatic nitrogens is 6. The highest BCUT2D eigenvalue weighted by molar-refractivity contribution is 7.86. The van der Waals surface area contributed by atoms with E-state index in [1.54, 1.807) is 9.36 Å². The largest absolute Gasteiger partial charge is 0.369 e. The van der Waals surface area contributed by atoms with Crippen LogP contribution in [0.15, 0.2) is 17.5 Å².